The van der Waals surface area contributed by atoms with Gasteiger partial charge in [-0.2, -0.15) is 0 Å². The Hall–Kier alpha value is -1.06. The molecule has 2 rings (SSSR count). The lowest BCUT2D eigenvalue weighted by molar-refractivity contribution is -0.141. The number of carboxylic acids is 1. The second kappa shape index (κ2) is 6.51. The van der Waals surface area contributed by atoms with Gasteiger partial charge in [-0.15, -0.1) is 0 Å². The average Bonchev–Trinajstić information content (AvgIpc) is 2.93. The summed E-state index contributed by atoms with van der Waals surface area (Å²) in [5.41, 5.74) is 5.06. The molecule has 2 aliphatic rings. The van der Waals surface area contributed by atoms with E-state index in [1.54, 1.807) is 0 Å². The number of carbonyl (C=O) groups excluding carboxylic acids is 1. The van der Waals surface area contributed by atoms with E-state index in [1.807, 2.05) is 0 Å². The molecule has 16 heavy (non-hydrogen) atoms. The largest absolute Gasteiger partial charge is 0.481 e. The highest BCUT2D eigenvalue weighted by molar-refractivity contribution is 5.76. The maximum Gasteiger partial charge on any atom is 0.306 e. The van der Waals surface area contributed by atoms with Crippen LogP contribution in [0.25, 0.3) is 0 Å². The third kappa shape index (κ3) is 4.21. The third-order valence-corrected chi connectivity index (χ3v) is 3.46. The van der Waals surface area contributed by atoms with E-state index in [1.165, 1.54) is 12.8 Å². The molecule has 92 valence electrons. The minimum Gasteiger partial charge on any atom is -0.481 e. The van der Waals surface area contributed by atoms with Gasteiger partial charge in [0.15, 0.2) is 0 Å². The Morgan fingerprint density at radius 3 is 1.44 bits per heavy atom. The van der Waals surface area contributed by atoms with Gasteiger partial charge in [0.1, 0.15) is 0 Å². The van der Waals surface area contributed by atoms with Crippen molar-refractivity contribution in [3.8, 4) is 0 Å². The van der Waals surface area contributed by atoms with Gasteiger partial charge in [0, 0.05) is 5.92 Å². The quantitative estimate of drug-likeness (QED) is 0.756. The Kier molecular flexibility index (Phi) is 5.29. The van der Waals surface area contributed by atoms with Gasteiger partial charge < -0.3 is 10.8 Å². The second-order valence-corrected chi connectivity index (χ2v) is 4.70. The average molecular weight is 227 g/mol. The maximum atomic E-state index is 10.4. The van der Waals surface area contributed by atoms with Crippen LogP contribution in [0.15, 0.2) is 0 Å². The topological polar surface area (TPSA) is 80.4 Å². The van der Waals surface area contributed by atoms with Gasteiger partial charge in [-0.3, -0.25) is 9.59 Å². The predicted molar refractivity (Wildman–Crippen MR) is 60.7 cm³/mol. The summed E-state index contributed by atoms with van der Waals surface area (Å²) in [5, 5.41) is 8.41. The van der Waals surface area contributed by atoms with Crippen molar-refractivity contribution in [2.24, 2.45) is 17.6 Å². The predicted octanol–water partition coefficient (Wildman–Crippen LogP) is 1.92. The summed E-state index contributed by atoms with van der Waals surface area (Å²) in [7, 11) is 0. The number of hydrogen-bond acceptors (Lipinski definition) is 2. The van der Waals surface area contributed by atoms with E-state index in [2.05, 4.69) is 0 Å². The van der Waals surface area contributed by atoms with E-state index in [0.29, 0.717) is 0 Å². The first-order valence-corrected chi connectivity index (χ1v) is 6.13. The van der Waals surface area contributed by atoms with Crippen molar-refractivity contribution < 1.29 is 14.7 Å². The van der Waals surface area contributed by atoms with Gasteiger partial charge in [0.2, 0.25) is 5.91 Å². The number of aliphatic carboxylic acids is 1. The highest BCUT2D eigenvalue weighted by Crippen LogP contribution is 2.24. The van der Waals surface area contributed by atoms with Crippen molar-refractivity contribution in [1.29, 1.82) is 0 Å². The summed E-state index contributed by atoms with van der Waals surface area (Å²) in [5.74, 6) is -0.532. The molecular formula is C12H21NO3. The molecule has 0 bridgehead atoms. The van der Waals surface area contributed by atoms with Crippen LogP contribution in [0.1, 0.15) is 51.4 Å². The Morgan fingerprint density at radius 2 is 1.25 bits per heavy atom. The fraction of sp³-hybridized carbons (Fsp3) is 0.833. The first kappa shape index (κ1) is 13.0. The molecule has 0 aromatic carbocycles. The Labute approximate surface area is 96.2 Å². The lowest BCUT2D eigenvalue weighted by Gasteiger charge is -1.98. The molecule has 0 unspecified atom stereocenters. The third-order valence-electron chi connectivity index (χ3n) is 3.46. The van der Waals surface area contributed by atoms with Crippen LogP contribution >= 0.6 is 0 Å². The molecule has 0 heterocycles. The summed E-state index contributed by atoms with van der Waals surface area (Å²) >= 11 is 0. The van der Waals surface area contributed by atoms with Crippen molar-refractivity contribution >= 4 is 11.9 Å². The van der Waals surface area contributed by atoms with Gasteiger partial charge in [0.25, 0.3) is 0 Å². The van der Waals surface area contributed by atoms with Gasteiger partial charge >= 0.3 is 5.97 Å². The number of amides is 1. The minimum absolute atomic E-state index is 0.0185. The SMILES string of the molecule is NC(=O)C1CCCC1.O=C(O)C1CCCC1. The monoisotopic (exact) mass is 227 g/mol. The molecule has 4 nitrogen and oxygen atoms in total. The van der Waals surface area contributed by atoms with Crippen LogP contribution in [0.2, 0.25) is 0 Å². The summed E-state index contributed by atoms with van der Waals surface area (Å²) in [6.45, 7) is 0. The lowest BCUT2D eigenvalue weighted by Crippen LogP contribution is -2.19. The Morgan fingerprint density at radius 1 is 0.875 bits per heavy atom. The Bertz CT molecular complexity index is 215. The molecule has 0 aliphatic heterocycles. The summed E-state index contributed by atoms with van der Waals surface area (Å²) in [6.07, 6.45) is 8.43. The van der Waals surface area contributed by atoms with E-state index in [0.717, 1.165) is 38.5 Å². The number of carbonyl (C=O) groups is 2. The highest BCUT2D eigenvalue weighted by atomic mass is 16.4. The van der Waals surface area contributed by atoms with Crippen LogP contribution in [0.5, 0.6) is 0 Å². The van der Waals surface area contributed by atoms with Crippen molar-refractivity contribution in [3.05, 3.63) is 0 Å². The zero-order valence-corrected chi connectivity index (χ0v) is 9.65. The Balaban J connectivity index is 0.000000160. The summed E-state index contributed by atoms with van der Waals surface area (Å²) in [6, 6.07) is 0. The van der Waals surface area contributed by atoms with Crippen LogP contribution < -0.4 is 5.73 Å². The number of rotatable bonds is 2. The molecule has 0 spiro atoms. The van der Waals surface area contributed by atoms with Gasteiger partial charge in [-0.25, -0.2) is 0 Å². The number of hydrogen-bond donors (Lipinski definition) is 2. The van der Waals surface area contributed by atoms with E-state index in [-0.39, 0.29) is 17.7 Å². The summed E-state index contributed by atoms with van der Waals surface area (Å²) < 4.78 is 0. The van der Waals surface area contributed by atoms with E-state index in [9.17, 15) is 9.59 Å². The molecule has 4 heteroatoms. The van der Waals surface area contributed by atoms with Crippen LogP contribution in [-0.4, -0.2) is 17.0 Å². The number of nitrogens with two attached hydrogens (primary N) is 1. The molecule has 1 amide bonds. The smallest absolute Gasteiger partial charge is 0.306 e. The van der Waals surface area contributed by atoms with Crippen molar-refractivity contribution in [2.45, 2.75) is 51.4 Å². The van der Waals surface area contributed by atoms with Crippen LogP contribution in [-0.2, 0) is 9.59 Å². The number of carboxylic acid groups (broad SMARTS) is 1. The zero-order valence-electron chi connectivity index (χ0n) is 9.65. The standard InChI is InChI=1S/C6H11NO.C6H10O2/c2*7-6(8)5-3-1-2-4-5/h5H,1-4H2,(H2,7,8);5H,1-4H2,(H,7,8). The first-order valence-electron chi connectivity index (χ1n) is 6.13. The van der Waals surface area contributed by atoms with E-state index < -0.39 is 5.97 Å². The van der Waals surface area contributed by atoms with E-state index >= 15 is 0 Å². The lowest BCUT2D eigenvalue weighted by atomic mass is 10.1. The first-order chi connectivity index (χ1) is 7.61. The normalized spacial score (nSPS) is 21.5. The highest BCUT2D eigenvalue weighted by Gasteiger charge is 2.21. The van der Waals surface area contributed by atoms with Crippen molar-refractivity contribution in [2.75, 3.05) is 0 Å². The molecule has 0 aromatic heterocycles. The fourth-order valence-corrected chi connectivity index (χ4v) is 2.38. The minimum atomic E-state index is -0.609. The second-order valence-electron chi connectivity index (χ2n) is 4.70. The zero-order chi connectivity index (χ0) is 12.0. The van der Waals surface area contributed by atoms with E-state index in [4.69, 9.17) is 10.8 Å². The number of primary amides is 1. The molecule has 2 fully saturated rings. The van der Waals surface area contributed by atoms with Crippen molar-refractivity contribution in [1.82, 2.24) is 0 Å². The maximum absolute atomic E-state index is 10.4. The molecule has 0 atom stereocenters. The van der Waals surface area contributed by atoms with Gasteiger partial charge in [-0.05, 0) is 25.7 Å². The molecule has 0 saturated heterocycles. The molecule has 2 aliphatic carbocycles. The fourth-order valence-electron chi connectivity index (χ4n) is 2.38. The van der Waals surface area contributed by atoms with Gasteiger partial charge in [0.05, 0.1) is 5.92 Å². The molecular weight excluding hydrogens is 206 g/mol. The summed E-state index contributed by atoms with van der Waals surface area (Å²) in [4.78, 5) is 20.6. The van der Waals surface area contributed by atoms with Crippen LogP contribution in [0.4, 0.5) is 0 Å². The van der Waals surface area contributed by atoms with Gasteiger partial charge in [-0.1, -0.05) is 25.7 Å². The van der Waals surface area contributed by atoms with Crippen LogP contribution in [0, 0.1) is 11.8 Å². The van der Waals surface area contributed by atoms with Crippen LogP contribution in [0.3, 0.4) is 0 Å². The molecule has 2 saturated carbocycles. The molecule has 3 N–H and O–H groups in total. The molecule has 0 aromatic rings. The molecule has 0 radical (unpaired) electrons. The van der Waals surface area contributed by atoms with Crippen molar-refractivity contribution in [3.63, 3.8) is 0 Å².